The van der Waals surface area contributed by atoms with Gasteiger partial charge in [-0.3, -0.25) is 4.79 Å². The Kier molecular flexibility index (Phi) is 12.3. The lowest BCUT2D eigenvalue weighted by Crippen LogP contribution is -2.18. The molecule has 7 nitrogen and oxygen atoms in total. The highest BCUT2D eigenvalue weighted by Gasteiger charge is 2.27. The number of phenolic OH excluding ortho intramolecular Hbond substituents is 2. The maximum atomic E-state index is 12.4. The van der Waals surface area contributed by atoms with Crippen molar-refractivity contribution in [3.8, 4) is 11.5 Å². The van der Waals surface area contributed by atoms with Crippen LogP contribution in [0.25, 0.3) is 0 Å². The molecule has 0 aliphatic rings. The van der Waals surface area contributed by atoms with Crippen LogP contribution in [-0.2, 0) is 48.1 Å². The van der Waals surface area contributed by atoms with E-state index in [2.05, 4.69) is 47.6 Å². The molecule has 0 saturated carbocycles. The van der Waals surface area contributed by atoms with E-state index in [0.29, 0.717) is 26.1 Å². The lowest BCUT2D eigenvalue weighted by Gasteiger charge is -2.28. The molecule has 3 N–H and O–H groups in total. The lowest BCUT2D eigenvalue weighted by atomic mass is 9.78. The molecule has 0 saturated heterocycles. The molecule has 0 radical (unpaired) electrons. The van der Waals surface area contributed by atoms with Crippen molar-refractivity contribution in [1.29, 1.82) is 0 Å². The molecule has 0 aromatic heterocycles. The highest BCUT2D eigenvalue weighted by atomic mass is 16.6. The van der Waals surface area contributed by atoms with Gasteiger partial charge < -0.3 is 29.5 Å². The number of aliphatic hydroxyl groups is 1. The zero-order valence-electron chi connectivity index (χ0n) is 26.6. The Balaban J connectivity index is 2.25. The predicted molar refractivity (Wildman–Crippen MR) is 163 cm³/mol. The van der Waals surface area contributed by atoms with Crippen LogP contribution in [0, 0.1) is 0 Å². The minimum Gasteiger partial charge on any atom is -0.507 e. The van der Waals surface area contributed by atoms with Gasteiger partial charge in [-0.05, 0) is 56.0 Å². The van der Waals surface area contributed by atoms with Crippen LogP contribution in [0.15, 0.2) is 24.3 Å². The second-order valence-electron chi connectivity index (χ2n) is 13.8. The first-order chi connectivity index (χ1) is 18.9. The summed E-state index contributed by atoms with van der Waals surface area (Å²) < 4.78 is 15.8. The van der Waals surface area contributed by atoms with Gasteiger partial charge in [0.2, 0.25) is 0 Å². The molecule has 0 fully saturated rings. The van der Waals surface area contributed by atoms with Crippen molar-refractivity contribution in [3.05, 3.63) is 57.6 Å². The van der Waals surface area contributed by atoms with Crippen molar-refractivity contribution >= 4 is 5.97 Å². The van der Waals surface area contributed by atoms with Crippen molar-refractivity contribution in [2.75, 3.05) is 39.6 Å². The van der Waals surface area contributed by atoms with Gasteiger partial charge >= 0.3 is 5.97 Å². The molecule has 0 aliphatic heterocycles. The fourth-order valence-electron chi connectivity index (χ4n) is 4.57. The molecule has 0 heterocycles. The van der Waals surface area contributed by atoms with Crippen LogP contribution in [0.1, 0.15) is 102 Å². The normalized spacial score (nSPS) is 12.5. The second-order valence-corrected chi connectivity index (χ2v) is 13.8. The first kappa shape index (κ1) is 34.6. The van der Waals surface area contributed by atoms with E-state index in [1.165, 1.54) is 0 Å². The third kappa shape index (κ3) is 10.6. The number of aryl methyl sites for hydroxylation is 1. The smallest absolute Gasteiger partial charge is 0.306 e. The molecule has 0 amide bonds. The van der Waals surface area contributed by atoms with Gasteiger partial charge in [0.15, 0.2) is 0 Å². The highest BCUT2D eigenvalue weighted by Crippen LogP contribution is 2.41. The summed E-state index contributed by atoms with van der Waals surface area (Å²) in [7, 11) is 0. The molecule has 0 atom stereocenters. The molecule has 0 unspecified atom stereocenters. The standard InChI is InChI=1S/C34H52O7/c1-32(2,3)26-21-25(31(38)28(22-26)34(7,8)9)20-24-18-23(19-27(30(24)37)33(4,5)6)10-11-29(36)41-17-16-40-15-14-39-13-12-35/h18-19,21-22,35,37-38H,10-17,20H2,1-9H3. The number of rotatable bonds is 13. The number of hydrogen-bond donors (Lipinski definition) is 3. The molecule has 0 aliphatic carbocycles. The molecule has 230 valence electrons. The van der Waals surface area contributed by atoms with Crippen LogP contribution >= 0.6 is 0 Å². The first-order valence-electron chi connectivity index (χ1n) is 14.6. The molecule has 41 heavy (non-hydrogen) atoms. The SMILES string of the molecule is CC(C)(C)c1cc(Cc2cc(CCC(=O)OCCOCCOCCO)cc(C(C)(C)C)c2O)c(O)c(C(C)(C)C)c1. The van der Waals surface area contributed by atoms with Crippen LogP contribution in [-0.4, -0.2) is 60.9 Å². The number of aromatic hydroxyl groups is 2. The summed E-state index contributed by atoms with van der Waals surface area (Å²) in [5, 5.41) is 31.4. The first-order valence-corrected chi connectivity index (χ1v) is 14.6. The van der Waals surface area contributed by atoms with E-state index in [-0.39, 0.29) is 66.6 Å². The molecule has 2 aromatic rings. The molecule has 2 rings (SSSR count). The maximum absolute atomic E-state index is 12.4. The second kappa shape index (κ2) is 14.5. The van der Waals surface area contributed by atoms with Crippen molar-refractivity contribution < 1.29 is 34.3 Å². The topological polar surface area (TPSA) is 105 Å². The summed E-state index contributed by atoms with van der Waals surface area (Å²) in [6, 6.07) is 8.05. The Morgan fingerprint density at radius 3 is 1.73 bits per heavy atom. The van der Waals surface area contributed by atoms with E-state index >= 15 is 0 Å². The van der Waals surface area contributed by atoms with Crippen LogP contribution in [0.4, 0.5) is 0 Å². The van der Waals surface area contributed by atoms with Gasteiger partial charge in [0, 0.05) is 12.8 Å². The molecular weight excluding hydrogens is 520 g/mol. The highest BCUT2D eigenvalue weighted by molar-refractivity contribution is 5.69. The van der Waals surface area contributed by atoms with Crippen LogP contribution in [0.2, 0.25) is 0 Å². The number of ether oxygens (including phenoxy) is 3. The summed E-state index contributed by atoms with van der Waals surface area (Å²) in [4.78, 5) is 12.4. The van der Waals surface area contributed by atoms with Crippen molar-refractivity contribution in [2.24, 2.45) is 0 Å². The van der Waals surface area contributed by atoms with E-state index in [9.17, 15) is 15.0 Å². The Hall–Kier alpha value is -2.61. The third-order valence-corrected chi connectivity index (χ3v) is 7.02. The minimum atomic E-state index is -0.320. The number of aliphatic hydroxyl groups excluding tert-OH is 1. The number of benzene rings is 2. The van der Waals surface area contributed by atoms with E-state index in [1.807, 2.05) is 39.0 Å². The monoisotopic (exact) mass is 572 g/mol. The Morgan fingerprint density at radius 2 is 1.20 bits per heavy atom. The summed E-state index contributed by atoms with van der Waals surface area (Å²) in [5.74, 6) is 0.169. The summed E-state index contributed by atoms with van der Waals surface area (Å²) >= 11 is 0. The van der Waals surface area contributed by atoms with Crippen LogP contribution in [0.3, 0.4) is 0 Å². The predicted octanol–water partition coefficient (Wildman–Crippen LogP) is 6.08. The Labute approximate surface area is 246 Å². The lowest BCUT2D eigenvalue weighted by molar-refractivity contribution is -0.145. The van der Waals surface area contributed by atoms with Crippen molar-refractivity contribution in [1.82, 2.24) is 0 Å². The Bertz CT molecular complexity index is 1150. The average Bonchev–Trinajstić information content (AvgIpc) is 2.84. The molecule has 0 bridgehead atoms. The molecule has 0 spiro atoms. The van der Waals surface area contributed by atoms with Crippen molar-refractivity contribution in [2.45, 2.75) is 97.8 Å². The van der Waals surface area contributed by atoms with E-state index < -0.39 is 0 Å². The van der Waals surface area contributed by atoms with Gasteiger partial charge in [0.1, 0.15) is 18.1 Å². The average molecular weight is 573 g/mol. The zero-order valence-corrected chi connectivity index (χ0v) is 26.6. The number of carbonyl (C=O) groups excluding carboxylic acids is 1. The minimum absolute atomic E-state index is 0.0254. The fraction of sp³-hybridized carbons (Fsp3) is 0.618. The summed E-state index contributed by atoms with van der Waals surface area (Å²) in [5.41, 5.74) is 4.57. The largest absolute Gasteiger partial charge is 0.507 e. The van der Waals surface area contributed by atoms with Gasteiger partial charge in [-0.2, -0.15) is 0 Å². The maximum Gasteiger partial charge on any atom is 0.306 e. The van der Waals surface area contributed by atoms with Gasteiger partial charge in [0.25, 0.3) is 0 Å². The molecule has 2 aromatic carbocycles. The van der Waals surface area contributed by atoms with Gasteiger partial charge in [-0.25, -0.2) is 0 Å². The van der Waals surface area contributed by atoms with Gasteiger partial charge in [-0.15, -0.1) is 0 Å². The zero-order chi connectivity index (χ0) is 31.0. The number of phenols is 2. The summed E-state index contributed by atoms with van der Waals surface area (Å²) in [6.07, 6.45) is 1.03. The van der Waals surface area contributed by atoms with Crippen molar-refractivity contribution in [3.63, 3.8) is 0 Å². The number of carbonyl (C=O) groups is 1. The molecular formula is C34H52O7. The summed E-state index contributed by atoms with van der Waals surface area (Å²) in [6.45, 7) is 20.3. The van der Waals surface area contributed by atoms with Crippen LogP contribution < -0.4 is 0 Å². The van der Waals surface area contributed by atoms with E-state index in [0.717, 1.165) is 33.4 Å². The van der Waals surface area contributed by atoms with E-state index in [1.54, 1.807) is 0 Å². The fourth-order valence-corrected chi connectivity index (χ4v) is 4.57. The van der Waals surface area contributed by atoms with Gasteiger partial charge in [-0.1, -0.05) is 86.6 Å². The van der Waals surface area contributed by atoms with E-state index in [4.69, 9.17) is 19.3 Å². The van der Waals surface area contributed by atoms with Crippen LogP contribution in [0.5, 0.6) is 11.5 Å². The Morgan fingerprint density at radius 1 is 0.683 bits per heavy atom. The van der Waals surface area contributed by atoms with Gasteiger partial charge in [0.05, 0.1) is 33.0 Å². The third-order valence-electron chi connectivity index (χ3n) is 7.02. The number of esters is 1. The quantitative estimate of drug-likeness (QED) is 0.197. The number of hydrogen-bond acceptors (Lipinski definition) is 7. The molecule has 7 heteroatoms.